The summed E-state index contributed by atoms with van der Waals surface area (Å²) in [4.78, 5) is 0. The van der Waals surface area contributed by atoms with Gasteiger partial charge in [0.15, 0.2) is 0 Å². The minimum atomic E-state index is 0.505. The zero-order chi connectivity index (χ0) is 12.4. The molecule has 0 fully saturated rings. The first-order valence-electron chi connectivity index (χ1n) is 6.43. The maximum absolute atomic E-state index is 5.60. The van der Waals surface area contributed by atoms with E-state index in [1.807, 2.05) is 0 Å². The molecule has 0 aliphatic heterocycles. The molecular formula is C15H22N2. The zero-order valence-electron chi connectivity index (χ0n) is 11.0. The number of aromatic nitrogens is 1. The first-order valence-corrected chi connectivity index (χ1v) is 6.43. The van der Waals surface area contributed by atoms with Gasteiger partial charge in [0.2, 0.25) is 0 Å². The van der Waals surface area contributed by atoms with Gasteiger partial charge in [0, 0.05) is 23.1 Å². The van der Waals surface area contributed by atoms with Crippen LogP contribution in [-0.2, 0) is 6.42 Å². The molecule has 1 heterocycles. The van der Waals surface area contributed by atoms with Crippen LogP contribution < -0.4 is 5.73 Å². The fraction of sp³-hybridized carbons (Fsp3) is 0.467. The van der Waals surface area contributed by atoms with Gasteiger partial charge in [-0.25, -0.2) is 0 Å². The second kappa shape index (κ2) is 4.92. The van der Waals surface area contributed by atoms with Crippen molar-refractivity contribution in [3.8, 4) is 0 Å². The molecule has 0 radical (unpaired) electrons. The summed E-state index contributed by atoms with van der Waals surface area (Å²) in [6.07, 6.45) is 4.44. The van der Waals surface area contributed by atoms with Crippen molar-refractivity contribution < 1.29 is 0 Å². The van der Waals surface area contributed by atoms with Crippen molar-refractivity contribution in [2.45, 2.75) is 39.7 Å². The molecule has 0 atom stereocenters. The molecule has 0 aliphatic rings. The van der Waals surface area contributed by atoms with E-state index in [2.05, 4.69) is 49.7 Å². The van der Waals surface area contributed by atoms with Gasteiger partial charge in [0.05, 0.1) is 0 Å². The van der Waals surface area contributed by atoms with Crippen molar-refractivity contribution in [3.63, 3.8) is 0 Å². The average molecular weight is 230 g/mol. The smallest absolute Gasteiger partial charge is 0.0488 e. The first-order chi connectivity index (χ1) is 8.13. The summed E-state index contributed by atoms with van der Waals surface area (Å²) in [5.41, 5.74) is 9.71. The van der Waals surface area contributed by atoms with E-state index < -0.39 is 0 Å². The standard InChI is InChI=1S/C15H22N2/c1-11(2)17-10-13(5-4-8-16)14-7-6-12(3)9-15(14)17/h6-7,9-11H,4-5,8,16H2,1-3H3. The van der Waals surface area contributed by atoms with E-state index >= 15 is 0 Å². The van der Waals surface area contributed by atoms with Crippen LogP contribution in [0.25, 0.3) is 10.9 Å². The Morgan fingerprint density at radius 2 is 2.06 bits per heavy atom. The second-order valence-corrected chi connectivity index (χ2v) is 5.07. The van der Waals surface area contributed by atoms with E-state index in [1.165, 1.54) is 22.0 Å². The van der Waals surface area contributed by atoms with Gasteiger partial charge in [0.25, 0.3) is 0 Å². The third-order valence-electron chi connectivity index (χ3n) is 3.28. The Kier molecular flexibility index (Phi) is 3.53. The highest BCUT2D eigenvalue weighted by Gasteiger charge is 2.10. The Balaban J connectivity index is 2.54. The molecule has 0 amide bonds. The lowest BCUT2D eigenvalue weighted by Gasteiger charge is -2.09. The Labute approximate surface area is 103 Å². The van der Waals surface area contributed by atoms with E-state index in [9.17, 15) is 0 Å². The van der Waals surface area contributed by atoms with Crippen LogP contribution in [0.5, 0.6) is 0 Å². The van der Waals surface area contributed by atoms with Crippen LogP contribution in [0, 0.1) is 6.92 Å². The van der Waals surface area contributed by atoms with Gasteiger partial charge in [-0.15, -0.1) is 0 Å². The van der Waals surface area contributed by atoms with E-state index in [1.54, 1.807) is 0 Å². The molecule has 2 N–H and O–H groups in total. The SMILES string of the molecule is Cc1ccc2c(CCCN)cn(C(C)C)c2c1. The Morgan fingerprint density at radius 3 is 2.71 bits per heavy atom. The van der Waals surface area contributed by atoms with Crippen molar-refractivity contribution in [3.05, 3.63) is 35.5 Å². The van der Waals surface area contributed by atoms with E-state index in [-0.39, 0.29) is 0 Å². The van der Waals surface area contributed by atoms with Crippen molar-refractivity contribution in [1.29, 1.82) is 0 Å². The molecule has 1 aromatic carbocycles. The van der Waals surface area contributed by atoms with Crippen molar-refractivity contribution in [1.82, 2.24) is 4.57 Å². The first kappa shape index (κ1) is 12.2. The third-order valence-corrected chi connectivity index (χ3v) is 3.28. The van der Waals surface area contributed by atoms with Gasteiger partial charge in [-0.3, -0.25) is 0 Å². The predicted molar refractivity (Wildman–Crippen MR) is 74.4 cm³/mol. The summed E-state index contributed by atoms with van der Waals surface area (Å²) in [6, 6.07) is 7.22. The van der Waals surface area contributed by atoms with Gasteiger partial charge >= 0.3 is 0 Å². The molecule has 92 valence electrons. The quantitative estimate of drug-likeness (QED) is 0.857. The molecule has 2 rings (SSSR count). The van der Waals surface area contributed by atoms with Gasteiger partial charge < -0.3 is 10.3 Å². The Hall–Kier alpha value is -1.28. The van der Waals surface area contributed by atoms with Gasteiger partial charge in [0.1, 0.15) is 0 Å². The number of nitrogens with zero attached hydrogens (tertiary/aromatic N) is 1. The van der Waals surface area contributed by atoms with Crippen molar-refractivity contribution in [2.24, 2.45) is 5.73 Å². The highest BCUT2D eigenvalue weighted by atomic mass is 15.0. The molecular weight excluding hydrogens is 208 g/mol. The molecule has 2 heteroatoms. The summed E-state index contributed by atoms with van der Waals surface area (Å²) in [5, 5.41) is 1.39. The number of fused-ring (bicyclic) bond motifs is 1. The number of aryl methyl sites for hydroxylation is 2. The zero-order valence-corrected chi connectivity index (χ0v) is 11.0. The maximum Gasteiger partial charge on any atom is 0.0488 e. The molecule has 2 aromatic rings. The molecule has 0 saturated carbocycles. The monoisotopic (exact) mass is 230 g/mol. The average Bonchev–Trinajstić information content (AvgIpc) is 2.64. The predicted octanol–water partition coefficient (Wildman–Crippen LogP) is 3.42. The minimum Gasteiger partial charge on any atom is -0.345 e. The van der Waals surface area contributed by atoms with Gasteiger partial charge in [-0.2, -0.15) is 0 Å². The van der Waals surface area contributed by atoms with E-state index in [0.29, 0.717) is 6.04 Å². The van der Waals surface area contributed by atoms with Crippen LogP contribution in [-0.4, -0.2) is 11.1 Å². The van der Waals surface area contributed by atoms with Gasteiger partial charge in [-0.1, -0.05) is 12.1 Å². The molecule has 0 unspecified atom stereocenters. The maximum atomic E-state index is 5.60. The second-order valence-electron chi connectivity index (χ2n) is 5.07. The Bertz CT molecular complexity index is 509. The summed E-state index contributed by atoms with van der Waals surface area (Å²) < 4.78 is 2.37. The number of hydrogen-bond donors (Lipinski definition) is 1. The van der Waals surface area contributed by atoms with Crippen LogP contribution in [0.4, 0.5) is 0 Å². The highest BCUT2D eigenvalue weighted by Crippen LogP contribution is 2.26. The van der Waals surface area contributed by atoms with Crippen LogP contribution in [0.1, 0.15) is 37.4 Å². The fourth-order valence-electron chi connectivity index (χ4n) is 2.35. The molecule has 0 aliphatic carbocycles. The largest absolute Gasteiger partial charge is 0.345 e. The number of nitrogens with two attached hydrogens (primary N) is 1. The van der Waals surface area contributed by atoms with Crippen LogP contribution in [0.2, 0.25) is 0 Å². The lowest BCUT2D eigenvalue weighted by atomic mass is 10.1. The van der Waals surface area contributed by atoms with E-state index in [4.69, 9.17) is 5.73 Å². The number of benzene rings is 1. The normalized spacial score (nSPS) is 11.6. The summed E-state index contributed by atoms with van der Waals surface area (Å²) in [5.74, 6) is 0. The third kappa shape index (κ3) is 2.37. The molecule has 17 heavy (non-hydrogen) atoms. The minimum absolute atomic E-state index is 0.505. The number of hydrogen-bond acceptors (Lipinski definition) is 1. The van der Waals surface area contributed by atoms with Crippen LogP contribution in [0.15, 0.2) is 24.4 Å². The van der Waals surface area contributed by atoms with E-state index in [0.717, 1.165) is 19.4 Å². The highest BCUT2D eigenvalue weighted by molar-refractivity contribution is 5.84. The molecule has 1 aromatic heterocycles. The number of rotatable bonds is 4. The summed E-state index contributed by atoms with van der Waals surface area (Å²) in [6.45, 7) is 7.37. The van der Waals surface area contributed by atoms with Crippen LogP contribution in [0.3, 0.4) is 0 Å². The summed E-state index contributed by atoms with van der Waals surface area (Å²) >= 11 is 0. The molecule has 0 bridgehead atoms. The van der Waals surface area contributed by atoms with Crippen LogP contribution >= 0.6 is 0 Å². The van der Waals surface area contributed by atoms with Crippen molar-refractivity contribution in [2.75, 3.05) is 6.54 Å². The van der Waals surface area contributed by atoms with Crippen molar-refractivity contribution >= 4 is 10.9 Å². The molecule has 2 nitrogen and oxygen atoms in total. The topological polar surface area (TPSA) is 30.9 Å². The molecule has 0 spiro atoms. The lowest BCUT2D eigenvalue weighted by molar-refractivity contribution is 0.620. The molecule has 0 saturated heterocycles. The summed E-state index contributed by atoms with van der Waals surface area (Å²) in [7, 11) is 0. The lowest BCUT2D eigenvalue weighted by Crippen LogP contribution is -2.00. The Morgan fingerprint density at radius 1 is 1.29 bits per heavy atom. The fourth-order valence-corrected chi connectivity index (χ4v) is 2.35. The van der Waals surface area contributed by atoms with Gasteiger partial charge in [-0.05, 0) is 57.4 Å².